The predicted octanol–water partition coefficient (Wildman–Crippen LogP) is 5.85. The van der Waals surface area contributed by atoms with Crippen LogP contribution >= 0.6 is 46.4 Å². The number of amides is 1. The van der Waals surface area contributed by atoms with E-state index in [1.165, 1.54) is 25.3 Å². The van der Waals surface area contributed by atoms with Crippen LogP contribution in [0.15, 0.2) is 35.9 Å². The largest absolute Gasteiger partial charge is 0.494 e. The second kappa shape index (κ2) is 8.46. The van der Waals surface area contributed by atoms with Crippen molar-refractivity contribution in [2.24, 2.45) is 0 Å². The maximum Gasteiger partial charge on any atom is 0.266 e. The quantitative estimate of drug-likeness (QED) is 0.502. The fourth-order valence-electron chi connectivity index (χ4n) is 1.96. The average Bonchev–Trinajstić information content (AvgIpc) is 2.56. The van der Waals surface area contributed by atoms with Crippen LogP contribution in [-0.2, 0) is 4.79 Å². The number of halogens is 4. The van der Waals surface area contributed by atoms with Gasteiger partial charge < -0.3 is 10.1 Å². The molecule has 0 radical (unpaired) electrons. The monoisotopic (exact) mass is 414 g/mol. The summed E-state index contributed by atoms with van der Waals surface area (Å²) >= 11 is 24.0. The van der Waals surface area contributed by atoms with Gasteiger partial charge in [0, 0.05) is 0 Å². The molecular weight excluding hydrogens is 406 g/mol. The number of carbonyl (C=O) groups is 1. The van der Waals surface area contributed by atoms with E-state index in [2.05, 4.69) is 5.32 Å². The zero-order valence-electron chi connectivity index (χ0n) is 12.7. The number of rotatable bonds is 4. The summed E-state index contributed by atoms with van der Waals surface area (Å²) in [5.74, 6) is -0.330. The van der Waals surface area contributed by atoms with Crippen LogP contribution in [0, 0.1) is 11.3 Å². The number of anilines is 1. The van der Waals surface area contributed by atoms with Gasteiger partial charge in [-0.05, 0) is 35.9 Å². The maximum absolute atomic E-state index is 12.3. The smallest absolute Gasteiger partial charge is 0.266 e. The molecule has 0 aliphatic rings. The Morgan fingerprint density at radius 3 is 2.36 bits per heavy atom. The van der Waals surface area contributed by atoms with Gasteiger partial charge in [-0.1, -0.05) is 52.5 Å². The summed E-state index contributed by atoms with van der Waals surface area (Å²) in [5.41, 5.74) is 0.610. The van der Waals surface area contributed by atoms with Crippen LogP contribution in [0.4, 0.5) is 5.69 Å². The number of hydrogen-bond donors (Lipinski definition) is 1. The van der Waals surface area contributed by atoms with Crippen LogP contribution < -0.4 is 10.1 Å². The SMILES string of the molecule is COc1c(Cl)cc(/C=C(/C#N)C(=O)Nc2cccc(Cl)c2Cl)cc1Cl. The molecule has 4 nitrogen and oxygen atoms in total. The molecule has 8 heteroatoms. The minimum Gasteiger partial charge on any atom is -0.494 e. The van der Waals surface area contributed by atoms with Gasteiger partial charge in [-0.25, -0.2) is 0 Å². The molecule has 2 aromatic carbocycles. The molecule has 0 bridgehead atoms. The van der Waals surface area contributed by atoms with Crippen LogP contribution in [0.1, 0.15) is 5.56 Å². The van der Waals surface area contributed by atoms with Gasteiger partial charge in [-0.2, -0.15) is 5.26 Å². The molecular formula is C17H10Cl4N2O2. The molecule has 0 aliphatic heterocycles. The lowest BCUT2D eigenvalue weighted by molar-refractivity contribution is -0.112. The highest BCUT2D eigenvalue weighted by Crippen LogP contribution is 2.34. The molecule has 128 valence electrons. The van der Waals surface area contributed by atoms with Gasteiger partial charge >= 0.3 is 0 Å². The Hall–Kier alpha value is -1.90. The van der Waals surface area contributed by atoms with Crippen molar-refractivity contribution in [2.75, 3.05) is 12.4 Å². The number of carbonyl (C=O) groups excluding carboxylic acids is 1. The number of nitrogens with zero attached hydrogens (tertiary/aromatic N) is 1. The Balaban J connectivity index is 2.33. The van der Waals surface area contributed by atoms with Crippen LogP contribution in [0.2, 0.25) is 20.1 Å². The third-order valence-electron chi connectivity index (χ3n) is 3.10. The van der Waals surface area contributed by atoms with Crippen LogP contribution in [0.5, 0.6) is 5.75 Å². The summed E-state index contributed by atoms with van der Waals surface area (Å²) in [6, 6.07) is 9.67. The van der Waals surface area contributed by atoms with Crippen molar-refractivity contribution >= 4 is 64.1 Å². The van der Waals surface area contributed by atoms with Crippen LogP contribution in [-0.4, -0.2) is 13.0 Å². The summed E-state index contributed by atoms with van der Waals surface area (Å²) in [6.45, 7) is 0. The standard InChI is InChI=1S/C17H10Cl4N2O2/c1-25-16-12(19)6-9(7-13(16)20)5-10(8-22)17(24)23-14-4-2-3-11(18)15(14)21/h2-7H,1H3,(H,23,24)/b10-5-. The molecule has 0 saturated heterocycles. The van der Waals surface area contributed by atoms with Crippen LogP contribution in [0.3, 0.4) is 0 Å². The zero-order chi connectivity index (χ0) is 18.6. The van der Waals surface area contributed by atoms with Crippen molar-refractivity contribution in [2.45, 2.75) is 0 Å². The van der Waals surface area contributed by atoms with E-state index < -0.39 is 5.91 Å². The van der Waals surface area contributed by atoms with Gasteiger partial charge in [-0.15, -0.1) is 0 Å². The Morgan fingerprint density at radius 1 is 1.16 bits per heavy atom. The highest BCUT2D eigenvalue weighted by atomic mass is 35.5. The van der Waals surface area contributed by atoms with Crippen molar-refractivity contribution in [3.05, 3.63) is 61.6 Å². The molecule has 25 heavy (non-hydrogen) atoms. The highest BCUT2D eigenvalue weighted by molar-refractivity contribution is 6.44. The van der Waals surface area contributed by atoms with E-state index in [0.29, 0.717) is 17.0 Å². The number of ether oxygens (including phenoxy) is 1. The van der Waals surface area contributed by atoms with Crippen molar-refractivity contribution in [1.29, 1.82) is 5.26 Å². The van der Waals surface area contributed by atoms with Gasteiger partial charge in [0.05, 0.1) is 32.9 Å². The molecule has 0 atom stereocenters. The normalized spacial score (nSPS) is 11.0. The maximum atomic E-state index is 12.3. The summed E-state index contributed by atoms with van der Waals surface area (Å²) in [4.78, 5) is 12.3. The molecule has 2 aromatic rings. The van der Waals surface area contributed by atoms with E-state index in [9.17, 15) is 10.1 Å². The Morgan fingerprint density at radius 2 is 1.80 bits per heavy atom. The third-order valence-corrected chi connectivity index (χ3v) is 4.48. The van der Waals surface area contributed by atoms with Crippen molar-refractivity contribution in [1.82, 2.24) is 0 Å². The molecule has 1 amide bonds. The molecule has 0 spiro atoms. The molecule has 0 unspecified atom stereocenters. The van der Waals surface area contributed by atoms with Gasteiger partial charge in [0.25, 0.3) is 5.91 Å². The fraction of sp³-hybridized carbons (Fsp3) is 0.0588. The average molecular weight is 416 g/mol. The van der Waals surface area contributed by atoms with Gasteiger partial charge in [0.2, 0.25) is 0 Å². The number of methoxy groups -OCH3 is 1. The van der Waals surface area contributed by atoms with Crippen molar-refractivity contribution in [3.63, 3.8) is 0 Å². The fourth-order valence-corrected chi connectivity index (χ4v) is 2.97. The van der Waals surface area contributed by atoms with E-state index in [1.807, 2.05) is 6.07 Å². The predicted molar refractivity (Wildman–Crippen MR) is 102 cm³/mol. The summed E-state index contributed by atoms with van der Waals surface area (Å²) in [7, 11) is 1.44. The Labute approximate surface area is 164 Å². The number of nitrogens with one attached hydrogen (secondary N) is 1. The zero-order valence-corrected chi connectivity index (χ0v) is 15.8. The van der Waals surface area contributed by atoms with Gasteiger partial charge in [-0.3, -0.25) is 4.79 Å². The lowest BCUT2D eigenvalue weighted by Crippen LogP contribution is -2.13. The minimum atomic E-state index is -0.644. The summed E-state index contributed by atoms with van der Waals surface area (Å²) < 4.78 is 5.06. The first-order chi connectivity index (χ1) is 11.9. The van der Waals surface area contributed by atoms with E-state index in [1.54, 1.807) is 18.2 Å². The van der Waals surface area contributed by atoms with E-state index in [-0.39, 0.29) is 25.7 Å². The first-order valence-corrected chi connectivity index (χ1v) is 8.28. The van der Waals surface area contributed by atoms with E-state index in [4.69, 9.17) is 51.1 Å². The Bertz CT molecular complexity index is 881. The van der Waals surface area contributed by atoms with E-state index in [0.717, 1.165) is 0 Å². The number of hydrogen-bond acceptors (Lipinski definition) is 3. The lowest BCUT2D eigenvalue weighted by Gasteiger charge is -2.08. The molecule has 1 N–H and O–H groups in total. The second-order valence-electron chi connectivity index (χ2n) is 4.74. The summed E-state index contributed by atoms with van der Waals surface area (Å²) in [6.07, 6.45) is 1.35. The molecule has 2 rings (SSSR count). The molecule has 0 aromatic heterocycles. The van der Waals surface area contributed by atoms with Crippen molar-refractivity contribution in [3.8, 4) is 11.8 Å². The first kappa shape index (κ1) is 19.4. The molecule has 0 saturated carbocycles. The summed E-state index contributed by atoms with van der Waals surface area (Å²) in [5, 5.41) is 12.8. The Kier molecular flexibility index (Phi) is 6.57. The van der Waals surface area contributed by atoms with Gasteiger partial charge in [0.1, 0.15) is 11.6 Å². The topological polar surface area (TPSA) is 62.1 Å². The molecule has 0 heterocycles. The highest BCUT2D eigenvalue weighted by Gasteiger charge is 2.14. The lowest BCUT2D eigenvalue weighted by atomic mass is 10.1. The second-order valence-corrected chi connectivity index (χ2v) is 6.34. The van der Waals surface area contributed by atoms with Gasteiger partial charge in [0.15, 0.2) is 5.75 Å². The number of nitriles is 1. The minimum absolute atomic E-state index is 0.159. The first-order valence-electron chi connectivity index (χ1n) is 6.77. The third kappa shape index (κ3) is 4.59. The van der Waals surface area contributed by atoms with E-state index >= 15 is 0 Å². The molecule has 0 fully saturated rings. The molecule has 0 aliphatic carbocycles. The van der Waals surface area contributed by atoms with Crippen LogP contribution in [0.25, 0.3) is 6.08 Å². The van der Waals surface area contributed by atoms with Crippen molar-refractivity contribution < 1.29 is 9.53 Å². The number of benzene rings is 2.